The minimum absolute atomic E-state index is 0.0486. The standard InChI is InChI=1S/C11H10O6/c1-17-8-4-6(2-3-7(8)5-12)9(10(13)14)11(15)16/h2-5,9H,1H3,(H,13,14)(H,15,16). The number of carbonyl (C=O) groups excluding carboxylic acids is 1. The van der Waals surface area contributed by atoms with Crippen LogP contribution in [0.5, 0.6) is 5.75 Å². The number of methoxy groups -OCH3 is 1. The molecular weight excluding hydrogens is 228 g/mol. The molecule has 1 aromatic carbocycles. The van der Waals surface area contributed by atoms with Gasteiger partial charge < -0.3 is 14.9 Å². The zero-order valence-electron chi connectivity index (χ0n) is 8.91. The fraction of sp³-hybridized carbons (Fsp3) is 0.182. The average Bonchev–Trinajstić information content (AvgIpc) is 2.27. The third-order valence-corrected chi connectivity index (χ3v) is 2.21. The van der Waals surface area contributed by atoms with Crippen LogP contribution in [0.25, 0.3) is 0 Å². The van der Waals surface area contributed by atoms with E-state index in [1.807, 2.05) is 0 Å². The van der Waals surface area contributed by atoms with Crippen molar-refractivity contribution < 1.29 is 29.3 Å². The molecule has 6 nitrogen and oxygen atoms in total. The van der Waals surface area contributed by atoms with E-state index in [9.17, 15) is 14.4 Å². The first-order valence-corrected chi connectivity index (χ1v) is 4.60. The van der Waals surface area contributed by atoms with Crippen molar-refractivity contribution in [2.24, 2.45) is 0 Å². The first kappa shape index (κ1) is 12.7. The van der Waals surface area contributed by atoms with Gasteiger partial charge in [-0.2, -0.15) is 0 Å². The van der Waals surface area contributed by atoms with Gasteiger partial charge in [-0.15, -0.1) is 0 Å². The van der Waals surface area contributed by atoms with E-state index in [2.05, 4.69) is 0 Å². The number of ether oxygens (including phenoxy) is 1. The number of aliphatic carboxylic acids is 2. The summed E-state index contributed by atoms with van der Waals surface area (Å²) in [5.74, 6) is -4.48. The van der Waals surface area contributed by atoms with Gasteiger partial charge in [-0.05, 0) is 17.7 Å². The quantitative estimate of drug-likeness (QED) is 0.580. The van der Waals surface area contributed by atoms with Gasteiger partial charge in [0, 0.05) is 0 Å². The van der Waals surface area contributed by atoms with Gasteiger partial charge in [0.05, 0.1) is 12.7 Å². The van der Waals surface area contributed by atoms with Crippen molar-refractivity contribution in [3.63, 3.8) is 0 Å². The summed E-state index contributed by atoms with van der Waals surface area (Å²) in [7, 11) is 1.31. The van der Waals surface area contributed by atoms with E-state index < -0.39 is 17.9 Å². The van der Waals surface area contributed by atoms with Gasteiger partial charge in [-0.1, -0.05) is 6.07 Å². The number of rotatable bonds is 5. The van der Waals surface area contributed by atoms with E-state index in [0.29, 0.717) is 6.29 Å². The lowest BCUT2D eigenvalue weighted by atomic mass is 9.98. The molecule has 0 fully saturated rings. The Balaban J connectivity index is 3.26. The minimum Gasteiger partial charge on any atom is -0.496 e. The molecule has 0 saturated carbocycles. The number of aldehydes is 1. The largest absolute Gasteiger partial charge is 0.496 e. The Bertz CT molecular complexity index is 451. The van der Waals surface area contributed by atoms with Crippen molar-refractivity contribution in [3.05, 3.63) is 29.3 Å². The molecule has 90 valence electrons. The highest BCUT2D eigenvalue weighted by Crippen LogP contribution is 2.24. The topological polar surface area (TPSA) is 101 Å². The molecule has 0 radical (unpaired) electrons. The minimum atomic E-state index is -1.68. The summed E-state index contributed by atoms with van der Waals surface area (Å²) in [6, 6.07) is 3.83. The molecule has 0 unspecified atom stereocenters. The van der Waals surface area contributed by atoms with Gasteiger partial charge in [-0.3, -0.25) is 14.4 Å². The van der Waals surface area contributed by atoms with Crippen LogP contribution in [-0.4, -0.2) is 35.5 Å². The molecule has 0 heterocycles. The van der Waals surface area contributed by atoms with E-state index in [1.54, 1.807) is 0 Å². The highest BCUT2D eigenvalue weighted by molar-refractivity contribution is 5.99. The van der Waals surface area contributed by atoms with Crippen LogP contribution in [0.4, 0.5) is 0 Å². The SMILES string of the molecule is COc1cc(C(C(=O)O)C(=O)O)ccc1C=O. The van der Waals surface area contributed by atoms with Crippen LogP contribution < -0.4 is 4.74 Å². The summed E-state index contributed by atoms with van der Waals surface area (Å²) in [6.45, 7) is 0. The zero-order chi connectivity index (χ0) is 13.0. The van der Waals surface area contributed by atoms with Gasteiger partial charge in [0.25, 0.3) is 0 Å². The maximum Gasteiger partial charge on any atom is 0.322 e. The lowest BCUT2D eigenvalue weighted by molar-refractivity contribution is -0.150. The second kappa shape index (κ2) is 5.11. The number of hydrogen-bond donors (Lipinski definition) is 2. The maximum absolute atomic E-state index is 10.8. The molecule has 1 aromatic rings. The first-order chi connectivity index (χ1) is 8.01. The monoisotopic (exact) mass is 238 g/mol. The predicted molar refractivity (Wildman–Crippen MR) is 56.4 cm³/mol. The smallest absolute Gasteiger partial charge is 0.322 e. The molecule has 1 rings (SSSR count). The van der Waals surface area contributed by atoms with E-state index in [4.69, 9.17) is 14.9 Å². The Morgan fingerprint density at radius 2 is 1.88 bits per heavy atom. The summed E-state index contributed by atoms with van der Waals surface area (Å²) in [5.41, 5.74) is 0.276. The zero-order valence-corrected chi connectivity index (χ0v) is 8.91. The number of carboxylic acid groups (broad SMARTS) is 2. The van der Waals surface area contributed by atoms with Crippen molar-refractivity contribution in [1.82, 2.24) is 0 Å². The molecule has 6 heteroatoms. The van der Waals surface area contributed by atoms with Crippen molar-refractivity contribution in [2.75, 3.05) is 7.11 Å². The lowest BCUT2D eigenvalue weighted by Gasteiger charge is -2.10. The number of carboxylic acids is 2. The highest BCUT2D eigenvalue weighted by atomic mass is 16.5. The summed E-state index contributed by atoms with van der Waals surface area (Å²) in [6.07, 6.45) is 0.541. The molecule has 0 aliphatic carbocycles. The van der Waals surface area contributed by atoms with Gasteiger partial charge >= 0.3 is 11.9 Å². The Hall–Kier alpha value is -2.37. The molecule has 0 amide bonds. The fourth-order valence-electron chi connectivity index (χ4n) is 1.40. The molecule has 2 N–H and O–H groups in total. The van der Waals surface area contributed by atoms with Crippen LogP contribution in [0, 0.1) is 0 Å². The van der Waals surface area contributed by atoms with Crippen LogP contribution in [0.2, 0.25) is 0 Å². The van der Waals surface area contributed by atoms with Gasteiger partial charge in [0.15, 0.2) is 12.2 Å². The Kier molecular flexibility index (Phi) is 3.82. The summed E-state index contributed by atoms with van der Waals surface area (Å²) < 4.78 is 4.87. The summed E-state index contributed by atoms with van der Waals surface area (Å²) in [4.78, 5) is 32.2. The van der Waals surface area contributed by atoms with Crippen molar-refractivity contribution in [1.29, 1.82) is 0 Å². The Morgan fingerprint density at radius 3 is 2.29 bits per heavy atom. The van der Waals surface area contributed by atoms with E-state index >= 15 is 0 Å². The highest BCUT2D eigenvalue weighted by Gasteiger charge is 2.28. The number of hydrogen-bond acceptors (Lipinski definition) is 4. The molecule has 0 bridgehead atoms. The third-order valence-electron chi connectivity index (χ3n) is 2.21. The van der Waals surface area contributed by atoms with Crippen LogP contribution in [0.1, 0.15) is 21.8 Å². The molecule has 0 atom stereocenters. The second-order valence-corrected chi connectivity index (χ2v) is 3.23. The van der Waals surface area contributed by atoms with E-state index in [0.717, 1.165) is 0 Å². The fourth-order valence-corrected chi connectivity index (χ4v) is 1.40. The van der Waals surface area contributed by atoms with E-state index in [-0.39, 0.29) is 16.9 Å². The van der Waals surface area contributed by atoms with Crippen LogP contribution in [-0.2, 0) is 9.59 Å². The molecule has 0 aliphatic heterocycles. The molecule has 0 spiro atoms. The van der Waals surface area contributed by atoms with Gasteiger partial charge in [-0.25, -0.2) is 0 Å². The maximum atomic E-state index is 10.8. The van der Waals surface area contributed by atoms with E-state index in [1.165, 1.54) is 25.3 Å². The summed E-state index contributed by atoms with van der Waals surface area (Å²) >= 11 is 0. The molecular formula is C11H10O6. The van der Waals surface area contributed by atoms with Crippen molar-refractivity contribution >= 4 is 18.2 Å². The van der Waals surface area contributed by atoms with Crippen LogP contribution in [0.3, 0.4) is 0 Å². The number of benzene rings is 1. The third kappa shape index (κ3) is 2.60. The average molecular weight is 238 g/mol. The second-order valence-electron chi connectivity index (χ2n) is 3.23. The van der Waals surface area contributed by atoms with Crippen LogP contribution >= 0.6 is 0 Å². The van der Waals surface area contributed by atoms with Crippen LogP contribution in [0.15, 0.2) is 18.2 Å². The molecule has 0 saturated heterocycles. The molecule has 0 aliphatic rings. The Morgan fingerprint density at radius 1 is 1.29 bits per heavy atom. The first-order valence-electron chi connectivity index (χ1n) is 4.60. The van der Waals surface area contributed by atoms with Crippen molar-refractivity contribution in [3.8, 4) is 5.75 Å². The van der Waals surface area contributed by atoms with Crippen molar-refractivity contribution in [2.45, 2.75) is 5.92 Å². The Labute approximate surface area is 96.4 Å². The summed E-state index contributed by atoms with van der Waals surface area (Å²) in [5, 5.41) is 17.6. The number of carbonyl (C=O) groups is 3. The predicted octanol–water partition coefficient (Wildman–Crippen LogP) is 0.760. The lowest BCUT2D eigenvalue weighted by Crippen LogP contribution is -2.21. The van der Waals surface area contributed by atoms with Gasteiger partial charge in [0.2, 0.25) is 0 Å². The molecule has 0 aromatic heterocycles. The molecule has 17 heavy (non-hydrogen) atoms. The normalized spacial score (nSPS) is 10.0. The van der Waals surface area contributed by atoms with Gasteiger partial charge in [0.1, 0.15) is 5.75 Å².